The molecule has 1 aromatic rings. The molecule has 2 amide bonds. The van der Waals surface area contributed by atoms with Gasteiger partial charge in [0.05, 0.1) is 11.6 Å². The second kappa shape index (κ2) is 5.45. The van der Waals surface area contributed by atoms with E-state index >= 15 is 0 Å². The van der Waals surface area contributed by atoms with Crippen LogP contribution in [0.5, 0.6) is 0 Å². The first kappa shape index (κ1) is 13.9. The summed E-state index contributed by atoms with van der Waals surface area (Å²) >= 11 is 1.13. The summed E-state index contributed by atoms with van der Waals surface area (Å²) in [7, 11) is 0. The van der Waals surface area contributed by atoms with Gasteiger partial charge in [0.2, 0.25) is 11.8 Å². The first-order valence-corrected chi connectivity index (χ1v) is 5.85. The Labute approximate surface area is 107 Å². The number of hydrogen-bond donors (Lipinski definition) is 5. The summed E-state index contributed by atoms with van der Waals surface area (Å²) in [5.74, 6) is -2.47. The number of rotatable bonds is 5. The quantitative estimate of drug-likeness (QED) is 0.340. The molecule has 0 aromatic carbocycles. The van der Waals surface area contributed by atoms with E-state index in [-0.39, 0.29) is 16.7 Å². The largest absolute Gasteiger partial charge is 0.387 e. The highest BCUT2D eigenvalue weighted by Crippen LogP contribution is 2.18. The number of nitrogen functional groups attached to an aromatic ring is 1. The molecule has 0 spiro atoms. The molecule has 1 heterocycles. The van der Waals surface area contributed by atoms with E-state index in [4.69, 9.17) is 22.6 Å². The molecule has 0 aliphatic carbocycles. The molecular formula is C9H14N6O2S. The zero-order valence-corrected chi connectivity index (χ0v) is 10.5. The Morgan fingerprint density at radius 1 is 1.50 bits per heavy atom. The van der Waals surface area contributed by atoms with Gasteiger partial charge in [-0.1, -0.05) is 0 Å². The number of hydrogen-bond acceptors (Lipinski definition) is 6. The molecule has 9 heteroatoms. The highest BCUT2D eigenvalue weighted by atomic mass is 32.1. The Bertz CT molecular complexity index is 485. The van der Waals surface area contributed by atoms with Gasteiger partial charge >= 0.3 is 0 Å². The van der Waals surface area contributed by atoms with Crippen LogP contribution in [0, 0.1) is 11.3 Å². The van der Waals surface area contributed by atoms with Crippen LogP contribution in [0.25, 0.3) is 0 Å². The highest BCUT2D eigenvalue weighted by Gasteiger charge is 2.26. The third-order valence-electron chi connectivity index (χ3n) is 2.27. The number of carbonyl (C=O) groups is 2. The van der Waals surface area contributed by atoms with E-state index in [1.54, 1.807) is 0 Å². The van der Waals surface area contributed by atoms with Gasteiger partial charge in [-0.25, -0.2) is 4.98 Å². The normalized spacial score (nSPS) is 13.6. The lowest BCUT2D eigenvalue weighted by atomic mass is 10.1. The molecule has 2 unspecified atom stereocenters. The molecule has 0 saturated heterocycles. The van der Waals surface area contributed by atoms with Crippen molar-refractivity contribution in [2.45, 2.75) is 13.0 Å². The van der Waals surface area contributed by atoms with Gasteiger partial charge in [-0.3, -0.25) is 15.0 Å². The Morgan fingerprint density at radius 3 is 2.50 bits per heavy atom. The SMILES string of the molecule is CC(C(=N)N)C(=O)NC(C(N)=O)c1csc(N)n1. The number of anilines is 1. The summed E-state index contributed by atoms with van der Waals surface area (Å²) in [5.41, 5.74) is 16.1. The van der Waals surface area contributed by atoms with Crippen molar-refractivity contribution in [1.82, 2.24) is 10.3 Å². The van der Waals surface area contributed by atoms with Crippen molar-refractivity contribution in [3.05, 3.63) is 11.1 Å². The zero-order chi connectivity index (χ0) is 13.9. The van der Waals surface area contributed by atoms with Crippen LogP contribution in [-0.4, -0.2) is 22.6 Å². The Morgan fingerprint density at radius 2 is 2.11 bits per heavy atom. The van der Waals surface area contributed by atoms with Crippen LogP contribution in [0.3, 0.4) is 0 Å². The van der Waals surface area contributed by atoms with Gasteiger partial charge in [0.1, 0.15) is 5.84 Å². The number of amidine groups is 1. The number of nitrogens with two attached hydrogens (primary N) is 3. The molecule has 1 rings (SSSR count). The zero-order valence-electron chi connectivity index (χ0n) is 9.64. The molecule has 8 nitrogen and oxygen atoms in total. The van der Waals surface area contributed by atoms with Gasteiger partial charge in [0.25, 0.3) is 0 Å². The first-order valence-electron chi connectivity index (χ1n) is 4.97. The Balaban J connectivity index is 2.86. The van der Waals surface area contributed by atoms with E-state index < -0.39 is 23.8 Å². The van der Waals surface area contributed by atoms with Crippen LogP contribution in [0.1, 0.15) is 18.7 Å². The number of carbonyl (C=O) groups excluding carboxylic acids is 2. The molecule has 1 aromatic heterocycles. The van der Waals surface area contributed by atoms with Crippen molar-refractivity contribution in [3.8, 4) is 0 Å². The van der Waals surface area contributed by atoms with Gasteiger partial charge in [-0.15, -0.1) is 11.3 Å². The summed E-state index contributed by atoms with van der Waals surface area (Å²) in [4.78, 5) is 26.9. The van der Waals surface area contributed by atoms with Crippen molar-refractivity contribution in [1.29, 1.82) is 5.41 Å². The van der Waals surface area contributed by atoms with Crippen molar-refractivity contribution < 1.29 is 9.59 Å². The van der Waals surface area contributed by atoms with Crippen LogP contribution in [0.15, 0.2) is 5.38 Å². The van der Waals surface area contributed by atoms with Crippen molar-refractivity contribution in [3.63, 3.8) is 0 Å². The van der Waals surface area contributed by atoms with Crippen molar-refractivity contribution in [2.24, 2.45) is 17.4 Å². The minimum absolute atomic E-state index is 0.269. The fourth-order valence-electron chi connectivity index (χ4n) is 1.13. The van der Waals surface area contributed by atoms with Crippen LogP contribution in [0.4, 0.5) is 5.13 Å². The topological polar surface area (TPSA) is 161 Å². The van der Waals surface area contributed by atoms with Crippen LogP contribution in [0.2, 0.25) is 0 Å². The second-order valence-corrected chi connectivity index (χ2v) is 4.52. The monoisotopic (exact) mass is 270 g/mol. The molecule has 0 fully saturated rings. The van der Waals surface area contributed by atoms with Crippen molar-refractivity contribution >= 4 is 34.1 Å². The highest BCUT2D eigenvalue weighted by molar-refractivity contribution is 7.13. The summed E-state index contributed by atoms with van der Waals surface area (Å²) in [6.45, 7) is 1.45. The lowest BCUT2D eigenvalue weighted by Gasteiger charge is -2.16. The molecule has 2 atom stereocenters. The van der Waals surface area contributed by atoms with Crippen LogP contribution < -0.4 is 22.5 Å². The minimum atomic E-state index is -1.08. The number of nitrogens with zero attached hydrogens (tertiary/aromatic N) is 1. The molecule has 0 aliphatic rings. The molecule has 0 aliphatic heterocycles. The van der Waals surface area contributed by atoms with E-state index in [0.717, 1.165) is 11.3 Å². The molecule has 0 radical (unpaired) electrons. The van der Waals surface area contributed by atoms with E-state index in [1.165, 1.54) is 12.3 Å². The maximum absolute atomic E-state index is 11.7. The number of amides is 2. The van der Waals surface area contributed by atoms with Crippen LogP contribution in [-0.2, 0) is 9.59 Å². The van der Waals surface area contributed by atoms with Gasteiger partial charge in [0.15, 0.2) is 11.2 Å². The average Bonchev–Trinajstić information content (AvgIpc) is 2.70. The number of nitrogens with one attached hydrogen (secondary N) is 2. The maximum atomic E-state index is 11.7. The standard InChI is InChI=1S/C9H14N6O2S/c1-3(6(10)11)8(17)15-5(7(12)16)4-2-18-9(13)14-4/h2-3,5H,1H3,(H3,10,11)(H2,12,16)(H2,13,14)(H,15,17). The molecule has 8 N–H and O–H groups in total. The molecule has 0 bridgehead atoms. The summed E-state index contributed by atoms with van der Waals surface area (Å²) < 4.78 is 0. The lowest BCUT2D eigenvalue weighted by molar-refractivity contribution is -0.128. The lowest BCUT2D eigenvalue weighted by Crippen LogP contribution is -2.43. The number of thiazole rings is 1. The van der Waals surface area contributed by atoms with E-state index in [2.05, 4.69) is 10.3 Å². The molecule has 0 saturated carbocycles. The van der Waals surface area contributed by atoms with E-state index in [1.807, 2.05) is 0 Å². The Kier molecular flexibility index (Phi) is 4.21. The summed E-state index contributed by atoms with van der Waals surface area (Å²) in [6.07, 6.45) is 0. The van der Waals surface area contributed by atoms with Crippen molar-refractivity contribution in [2.75, 3.05) is 5.73 Å². The minimum Gasteiger partial charge on any atom is -0.387 e. The van der Waals surface area contributed by atoms with Gasteiger partial charge in [-0.05, 0) is 6.92 Å². The predicted octanol–water partition coefficient (Wildman–Crippen LogP) is -1.06. The van der Waals surface area contributed by atoms with Crippen LogP contribution >= 0.6 is 11.3 Å². The number of primary amides is 1. The fraction of sp³-hybridized carbons (Fsp3) is 0.333. The fourth-order valence-corrected chi connectivity index (χ4v) is 1.72. The third-order valence-corrected chi connectivity index (χ3v) is 2.96. The van der Waals surface area contributed by atoms with E-state index in [0.29, 0.717) is 0 Å². The molecule has 18 heavy (non-hydrogen) atoms. The summed E-state index contributed by atoms with van der Waals surface area (Å²) in [6, 6.07) is -1.08. The third kappa shape index (κ3) is 3.17. The van der Waals surface area contributed by atoms with Gasteiger partial charge in [-0.2, -0.15) is 0 Å². The molecule has 98 valence electrons. The molecular weight excluding hydrogens is 256 g/mol. The smallest absolute Gasteiger partial charge is 0.246 e. The van der Waals surface area contributed by atoms with Gasteiger partial charge < -0.3 is 22.5 Å². The average molecular weight is 270 g/mol. The number of aromatic nitrogens is 1. The van der Waals surface area contributed by atoms with E-state index in [9.17, 15) is 9.59 Å². The maximum Gasteiger partial charge on any atom is 0.246 e. The first-order chi connectivity index (χ1) is 8.32. The van der Waals surface area contributed by atoms with Gasteiger partial charge in [0, 0.05) is 5.38 Å². The Hall–Kier alpha value is -2.16. The summed E-state index contributed by atoms with van der Waals surface area (Å²) in [5, 5.41) is 11.3. The predicted molar refractivity (Wildman–Crippen MR) is 67.7 cm³/mol. The second-order valence-electron chi connectivity index (χ2n) is 3.63.